The first kappa shape index (κ1) is 15.2. The predicted molar refractivity (Wildman–Crippen MR) is 84.3 cm³/mol. The van der Waals surface area contributed by atoms with Crippen molar-refractivity contribution in [1.29, 1.82) is 0 Å². The number of hydrogen-bond donors (Lipinski definition) is 1. The molecule has 1 aromatic carbocycles. The molecule has 2 N–H and O–H groups in total. The van der Waals surface area contributed by atoms with Crippen molar-refractivity contribution in [3.63, 3.8) is 0 Å². The van der Waals surface area contributed by atoms with E-state index in [1.165, 1.54) is 0 Å². The minimum atomic E-state index is -3.38. The van der Waals surface area contributed by atoms with E-state index in [9.17, 15) is 8.42 Å². The molecule has 1 heterocycles. The zero-order chi connectivity index (χ0) is 14.0. The molecule has 0 radical (unpaired) electrons. The summed E-state index contributed by atoms with van der Waals surface area (Å²) in [4.78, 5) is 0.379. The van der Waals surface area contributed by atoms with Gasteiger partial charge in [0.2, 0.25) is 10.0 Å². The van der Waals surface area contributed by atoms with Crippen molar-refractivity contribution in [3.05, 3.63) is 27.8 Å². The average Bonchev–Trinajstić information content (AvgIpc) is 2.39. The molecule has 1 aliphatic rings. The molecule has 6 heteroatoms. The first-order valence-electron chi connectivity index (χ1n) is 6.42. The Morgan fingerprint density at radius 2 is 2.21 bits per heavy atom. The molecule has 19 heavy (non-hydrogen) atoms. The monoisotopic (exact) mass is 394 g/mol. The second-order valence-corrected chi connectivity index (χ2v) is 8.27. The Balaban J connectivity index is 2.24. The number of nitrogens with two attached hydrogens (primary N) is 1. The van der Waals surface area contributed by atoms with E-state index in [0.29, 0.717) is 18.0 Å². The molecular formula is C13H19IN2O2S. The third-order valence-electron chi connectivity index (χ3n) is 3.60. The lowest BCUT2D eigenvalue weighted by molar-refractivity contribution is 0.243. The topological polar surface area (TPSA) is 63.4 Å². The van der Waals surface area contributed by atoms with Crippen molar-refractivity contribution in [2.24, 2.45) is 11.7 Å². The summed E-state index contributed by atoms with van der Waals surface area (Å²) in [6.07, 6.45) is 1.89. The van der Waals surface area contributed by atoms with E-state index in [0.717, 1.165) is 16.4 Å². The van der Waals surface area contributed by atoms with Gasteiger partial charge in [-0.1, -0.05) is 6.07 Å². The second kappa shape index (κ2) is 6.07. The average molecular weight is 394 g/mol. The highest BCUT2D eigenvalue weighted by molar-refractivity contribution is 14.1. The van der Waals surface area contributed by atoms with Crippen molar-refractivity contribution < 1.29 is 8.42 Å². The van der Waals surface area contributed by atoms with E-state index >= 15 is 0 Å². The lowest BCUT2D eigenvalue weighted by atomic mass is 9.93. The van der Waals surface area contributed by atoms with Gasteiger partial charge in [0.1, 0.15) is 0 Å². The van der Waals surface area contributed by atoms with Crippen LogP contribution >= 0.6 is 22.6 Å². The van der Waals surface area contributed by atoms with Crippen LogP contribution in [0.5, 0.6) is 0 Å². The summed E-state index contributed by atoms with van der Waals surface area (Å²) < 4.78 is 27.7. The van der Waals surface area contributed by atoms with Crippen LogP contribution in [0.15, 0.2) is 29.2 Å². The number of halogens is 1. The summed E-state index contributed by atoms with van der Waals surface area (Å²) in [5.74, 6) is 0.256. The summed E-state index contributed by atoms with van der Waals surface area (Å²) in [5, 5.41) is 0. The first-order valence-corrected chi connectivity index (χ1v) is 8.94. The Hall–Kier alpha value is -0.180. The van der Waals surface area contributed by atoms with E-state index in [1.54, 1.807) is 22.5 Å². The molecule has 1 fully saturated rings. The van der Waals surface area contributed by atoms with Crippen molar-refractivity contribution in [2.75, 3.05) is 13.1 Å². The van der Waals surface area contributed by atoms with Gasteiger partial charge in [-0.05, 0) is 66.5 Å². The third kappa shape index (κ3) is 3.48. The van der Waals surface area contributed by atoms with Gasteiger partial charge in [0.15, 0.2) is 0 Å². The fourth-order valence-corrected chi connectivity index (χ4v) is 4.73. The van der Waals surface area contributed by atoms with Crippen LogP contribution in [-0.4, -0.2) is 31.9 Å². The van der Waals surface area contributed by atoms with Gasteiger partial charge >= 0.3 is 0 Å². The standard InChI is InChI=1S/C13H19IN2O2S/c1-10(15)11-4-3-7-16(9-11)19(17,18)13-6-2-5-12(14)8-13/h2,5-6,8,10-11H,3-4,7,9,15H2,1H3. The van der Waals surface area contributed by atoms with Crippen molar-refractivity contribution in [1.82, 2.24) is 4.31 Å². The van der Waals surface area contributed by atoms with Gasteiger partial charge in [0.05, 0.1) is 4.90 Å². The largest absolute Gasteiger partial charge is 0.328 e. The SMILES string of the molecule is CC(N)C1CCCN(S(=O)(=O)c2cccc(I)c2)C1. The third-order valence-corrected chi connectivity index (χ3v) is 6.13. The Morgan fingerprint density at radius 3 is 2.84 bits per heavy atom. The number of piperidine rings is 1. The lowest BCUT2D eigenvalue weighted by Crippen LogP contribution is -2.44. The smallest absolute Gasteiger partial charge is 0.243 e. The minimum absolute atomic E-state index is 0.0360. The van der Waals surface area contributed by atoms with Gasteiger partial charge in [-0.25, -0.2) is 8.42 Å². The highest BCUT2D eigenvalue weighted by Gasteiger charge is 2.31. The molecule has 0 aromatic heterocycles. The molecule has 0 aliphatic carbocycles. The molecule has 106 valence electrons. The fourth-order valence-electron chi connectivity index (χ4n) is 2.40. The van der Waals surface area contributed by atoms with Crippen LogP contribution in [-0.2, 0) is 10.0 Å². The number of hydrogen-bond acceptors (Lipinski definition) is 3. The van der Waals surface area contributed by atoms with E-state index in [4.69, 9.17) is 5.73 Å². The van der Waals surface area contributed by atoms with Gasteiger partial charge in [-0.2, -0.15) is 4.31 Å². The summed E-state index contributed by atoms with van der Waals surface area (Å²) >= 11 is 2.13. The van der Waals surface area contributed by atoms with Crippen LogP contribution in [0.2, 0.25) is 0 Å². The molecule has 0 saturated carbocycles. The maximum Gasteiger partial charge on any atom is 0.243 e. The molecule has 2 atom stereocenters. The molecule has 2 unspecified atom stereocenters. The van der Waals surface area contributed by atoms with Gasteiger partial charge in [-0.15, -0.1) is 0 Å². The van der Waals surface area contributed by atoms with Crippen LogP contribution < -0.4 is 5.73 Å². The van der Waals surface area contributed by atoms with Crippen molar-refractivity contribution in [2.45, 2.75) is 30.7 Å². The summed E-state index contributed by atoms with van der Waals surface area (Å²) in [7, 11) is -3.38. The number of nitrogens with zero attached hydrogens (tertiary/aromatic N) is 1. The van der Waals surface area contributed by atoms with E-state index in [1.807, 2.05) is 13.0 Å². The Morgan fingerprint density at radius 1 is 1.47 bits per heavy atom. The summed E-state index contributed by atoms with van der Waals surface area (Å²) in [6.45, 7) is 3.08. The Bertz CT molecular complexity index is 545. The summed E-state index contributed by atoms with van der Waals surface area (Å²) in [6, 6.07) is 7.08. The van der Waals surface area contributed by atoms with Crippen LogP contribution in [0.25, 0.3) is 0 Å². The van der Waals surface area contributed by atoms with Crippen molar-refractivity contribution >= 4 is 32.6 Å². The van der Waals surface area contributed by atoms with Crippen LogP contribution in [0.1, 0.15) is 19.8 Å². The molecule has 1 aromatic rings. The molecule has 0 bridgehead atoms. The van der Waals surface area contributed by atoms with Gasteiger partial charge < -0.3 is 5.73 Å². The molecule has 1 saturated heterocycles. The number of rotatable bonds is 3. The first-order chi connectivity index (χ1) is 8.91. The highest BCUT2D eigenvalue weighted by Crippen LogP contribution is 2.25. The van der Waals surface area contributed by atoms with Crippen LogP contribution in [0, 0.1) is 9.49 Å². The molecule has 2 rings (SSSR count). The molecule has 4 nitrogen and oxygen atoms in total. The maximum absolute atomic E-state index is 12.6. The van der Waals surface area contributed by atoms with E-state index in [-0.39, 0.29) is 12.0 Å². The normalized spacial score (nSPS) is 23.2. The maximum atomic E-state index is 12.6. The van der Waals surface area contributed by atoms with Gasteiger partial charge in [0.25, 0.3) is 0 Å². The van der Waals surface area contributed by atoms with Crippen LogP contribution in [0.4, 0.5) is 0 Å². The lowest BCUT2D eigenvalue weighted by Gasteiger charge is -2.33. The predicted octanol–water partition coefficient (Wildman–Crippen LogP) is 2.04. The zero-order valence-electron chi connectivity index (χ0n) is 10.9. The molecular weight excluding hydrogens is 375 g/mol. The van der Waals surface area contributed by atoms with Gasteiger partial charge in [0, 0.05) is 22.7 Å². The quantitative estimate of drug-likeness (QED) is 0.799. The van der Waals surface area contributed by atoms with Crippen molar-refractivity contribution in [3.8, 4) is 0 Å². The second-order valence-electron chi connectivity index (χ2n) is 5.08. The summed E-state index contributed by atoms with van der Waals surface area (Å²) in [5.41, 5.74) is 5.91. The Labute approximate surface area is 128 Å². The zero-order valence-corrected chi connectivity index (χ0v) is 13.9. The Kier molecular flexibility index (Phi) is 4.86. The van der Waals surface area contributed by atoms with Gasteiger partial charge in [-0.3, -0.25) is 0 Å². The number of benzene rings is 1. The number of sulfonamides is 1. The van der Waals surface area contributed by atoms with Crippen LogP contribution in [0.3, 0.4) is 0 Å². The van der Waals surface area contributed by atoms with E-state index < -0.39 is 10.0 Å². The molecule has 0 spiro atoms. The highest BCUT2D eigenvalue weighted by atomic mass is 127. The molecule has 1 aliphatic heterocycles. The van der Waals surface area contributed by atoms with E-state index in [2.05, 4.69) is 22.6 Å². The minimum Gasteiger partial charge on any atom is -0.328 e. The molecule has 0 amide bonds. The fraction of sp³-hybridized carbons (Fsp3) is 0.538.